The van der Waals surface area contributed by atoms with Crippen LogP contribution in [0.3, 0.4) is 0 Å². The molecule has 18 heavy (non-hydrogen) atoms. The Morgan fingerprint density at radius 3 is 2.78 bits per heavy atom. The number of hydrogen-bond donors (Lipinski definition) is 0. The molecule has 1 aliphatic heterocycles. The molecule has 1 aliphatic rings. The van der Waals surface area contributed by atoms with Gasteiger partial charge in [-0.3, -0.25) is 4.79 Å². The van der Waals surface area contributed by atoms with Gasteiger partial charge in [0.05, 0.1) is 29.3 Å². The Morgan fingerprint density at radius 2 is 2.06 bits per heavy atom. The minimum atomic E-state index is -0.0794. The van der Waals surface area contributed by atoms with Gasteiger partial charge in [-0.1, -0.05) is 12.1 Å². The van der Waals surface area contributed by atoms with Gasteiger partial charge in [0, 0.05) is 20.1 Å². The summed E-state index contributed by atoms with van der Waals surface area (Å²) < 4.78 is 7.89. The predicted molar refractivity (Wildman–Crippen MR) is 71.3 cm³/mol. The van der Waals surface area contributed by atoms with Gasteiger partial charge < -0.3 is 9.80 Å². The fraction of sp³-hybridized carbons (Fsp3) is 0.250. The third kappa shape index (κ3) is 1.74. The Morgan fingerprint density at radius 1 is 1.28 bits per heavy atom. The SMILES string of the molecule is CN1CCN(C(=O)c2cnsn2)c2ccccc21. The van der Waals surface area contributed by atoms with Gasteiger partial charge >= 0.3 is 0 Å². The summed E-state index contributed by atoms with van der Waals surface area (Å²) in [5.74, 6) is -0.0794. The largest absolute Gasteiger partial charge is 0.371 e. The van der Waals surface area contributed by atoms with E-state index in [1.165, 1.54) is 6.20 Å². The fourth-order valence-corrected chi connectivity index (χ4v) is 2.52. The van der Waals surface area contributed by atoms with Crippen LogP contribution >= 0.6 is 11.7 Å². The van der Waals surface area contributed by atoms with E-state index in [1.807, 2.05) is 31.3 Å². The van der Waals surface area contributed by atoms with Crippen molar-refractivity contribution in [2.45, 2.75) is 0 Å². The molecule has 0 fully saturated rings. The first-order chi connectivity index (χ1) is 8.77. The molecule has 0 unspecified atom stereocenters. The molecule has 3 rings (SSSR count). The number of nitrogens with zero attached hydrogens (tertiary/aromatic N) is 4. The zero-order valence-corrected chi connectivity index (χ0v) is 10.7. The van der Waals surface area contributed by atoms with Crippen LogP contribution in [0.15, 0.2) is 30.5 Å². The number of para-hydroxylation sites is 2. The monoisotopic (exact) mass is 260 g/mol. The molecule has 1 aromatic heterocycles. The van der Waals surface area contributed by atoms with Crippen LogP contribution in [0.5, 0.6) is 0 Å². The molecule has 0 radical (unpaired) electrons. The van der Waals surface area contributed by atoms with E-state index in [0.29, 0.717) is 12.2 Å². The minimum Gasteiger partial charge on any atom is -0.371 e. The van der Waals surface area contributed by atoms with Crippen molar-refractivity contribution in [1.82, 2.24) is 8.75 Å². The van der Waals surface area contributed by atoms with Gasteiger partial charge in [-0.2, -0.15) is 8.75 Å². The second-order valence-corrected chi connectivity index (χ2v) is 4.72. The summed E-state index contributed by atoms with van der Waals surface area (Å²) in [5.41, 5.74) is 2.42. The van der Waals surface area contributed by atoms with Crippen molar-refractivity contribution < 1.29 is 4.79 Å². The summed E-state index contributed by atoms with van der Waals surface area (Å²) in [6.07, 6.45) is 1.52. The predicted octanol–water partition coefficient (Wildman–Crippen LogP) is 1.63. The maximum Gasteiger partial charge on any atom is 0.279 e. The smallest absolute Gasteiger partial charge is 0.279 e. The zero-order valence-electron chi connectivity index (χ0n) is 9.91. The van der Waals surface area contributed by atoms with E-state index in [4.69, 9.17) is 0 Å². The van der Waals surface area contributed by atoms with Crippen molar-refractivity contribution in [3.63, 3.8) is 0 Å². The van der Waals surface area contributed by atoms with Crippen LogP contribution in [0.1, 0.15) is 10.5 Å². The standard InChI is InChI=1S/C12H12N4OS/c1-15-6-7-16(11-5-3-2-4-10(11)15)12(17)9-8-13-18-14-9/h2-5,8H,6-7H2,1H3. The number of fused-ring (bicyclic) bond motifs is 1. The summed E-state index contributed by atoms with van der Waals surface area (Å²) in [5, 5.41) is 0. The average molecular weight is 260 g/mol. The van der Waals surface area contributed by atoms with Crippen LogP contribution in [0.4, 0.5) is 11.4 Å². The minimum absolute atomic E-state index is 0.0794. The summed E-state index contributed by atoms with van der Waals surface area (Å²) in [7, 11) is 2.03. The van der Waals surface area contributed by atoms with Gasteiger partial charge in [-0.05, 0) is 12.1 Å². The molecule has 1 aromatic carbocycles. The van der Waals surface area contributed by atoms with Gasteiger partial charge in [0.25, 0.3) is 5.91 Å². The first-order valence-corrected chi connectivity index (χ1v) is 6.40. The molecule has 2 heterocycles. The second-order valence-electron chi connectivity index (χ2n) is 4.16. The highest BCUT2D eigenvalue weighted by Gasteiger charge is 2.26. The second kappa shape index (κ2) is 4.38. The number of carbonyl (C=O) groups excluding carboxylic acids is 1. The van der Waals surface area contributed by atoms with Crippen molar-refractivity contribution in [1.29, 1.82) is 0 Å². The third-order valence-corrected chi connectivity index (χ3v) is 3.55. The Hall–Kier alpha value is -1.95. The number of benzene rings is 1. The summed E-state index contributed by atoms with van der Waals surface area (Å²) >= 11 is 1.06. The molecule has 0 aliphatic carbocycles. The first-order valence-electron chi connectivity index (χ1n) is 5.67. The van der Waals surface area contributed by atoms with Crippen LogP contribution in [-0.4, -0.2) is 34.8 Å². The maximum atomic E-state index is 12.3. The van der Waals surface area contributed by atoms with Crippen LogP contribution in [0, 0.1) is 0 Å². The highest BCUT2D eigenvalue weighted by Crippen LogP contribution is 2.32. The van der Waals surface area contributed by atoms with E-state index in [2.05, 4.69) is 13.6 Å². The number of amides is 1. The number of anilines is 2. The number of aromatic nitrogens is 2. The van der Waals surface area contributed by atoms with Crippen LogP contribution in [-0.2, 0) is 0 Å². The van der Waals surface area contributed by atoms with Crippen LogP contribution in [0.2, 0.25) is 0 Å². The van der Waals surface area contributed by atoms with E-state index in [9.17, 15) is 4.79 Å². The molecule has 0 bridgehead atoms. The number of carbonyl (C=O) groups is 1. The molecule has 0 spiro atoms. The van der Waals surface area contributed by atoms with Crippen molar-refractivity contribution >= 4 is 29.0 Å². The fourth-order valence-electron chi connectivity index (χ4n) is 2.11. The van der Waals surface area contributed by atoms with Crippen molar-refractivity contribution in [2.75, 3.05) is 29.9 Å². The van der Waals surface area contributed by atoms with Crippen molar-refractivity contribution in [2.24, 2.45) is 0 Å². The first kappa shape index (κ1) is 11.2. The zero-order chi connectivity index (χ0) is 12.5. The molecule has 92 valence electrons. The highest BCUT2D eigenvalue weighted by molar-refractivity contribution is 6.99. The van der Waals surface area contributed by atoms with Crippen LogP contribution < -0.4 is 9.80 Å². The molecule has 1 amide bonds. The lowest BCUT2D eigenvalue weighted by atomic mass is 10.1. The molecule has 0 N–H and O–H groups in total. The normalized spacial score (nSPS) is 14.5. The summed E-state index contributed by atoms with van der Waals surface area (Å²) in [6, 6.07) is 7.90. The van der Waals surface area contributed by atoms with E-state index in [-0.39, 0.29) is 5.91 Å². The van der Waals surface area contributed by atoms with Crippen molar-refractivity contribution in [3.8, 4) is 0 Å². The van der Waals surface area contributed by atoms with Crippen molar-refractivity contribution in [3.05, 3.63) is 36.2 Å². The van der Waals surface area contributed by atoms with E-state index >= 15 is 0 Å². The summed E-state index contributed by atoms with van der Waals surface area (Å²) in [4.78, 5) is 16.3. The topological polar surface area (TPSA) is 49.3 Å². The number of likely N-dealkylation sites (N-methyl/N-ethyl adjacent to an activating group) is 1. The van der Waals surface area contributed by atoms with Crippen LogP contribution in [0.25, 0.3) is 0 Å². The molecule has 2 aromatic rings. The lowest BCUT2D eigenvalue weighted by Crippen LogP contribution is -2.42. The van der Waals surface area contributed by atoms with Gasteiger partial charge in [0.2, 0.25) is 0 Å². The Bertz CT molecular complexity index is 569. The van der Waals surface area contributed by atoms with E-state index in [0.717, 1.165) is 29.6 Å². The molecular formula is C12H12N4OS. The highest BCUT2D eigenvalue weighted by atomic mass is 32.1. The van der Waals surface area contributed by atoms with Gasteiger partial charge in [0.15, 0.2) is 5.69 Å². The molecule has 5 nitrogen and oxygen atoms in total. The lowest BCUT2D eigenvalue weighted by molar-refractivity contribution is 0.0983. The van der Waals surface area contributed by atoms with Gasteiger partial charge in [0.1, 0.15) is 0 Å². The third-order valence-electron chi connectivity index (χ3n) is 3.07. The number of hydrogen-bond acceptors (Lipinski definition) is 5. The Labute approximate surface area is 109 Å². The van der Waals surface area contributed by atoms with Gasteiger partial charge in [-0.25, -0.2) is 0 Å². The molecule has 0 saturated carbocycles. The number of rotatable bonds is 1. The quantitative estimate of drug-likeness (QED) is 0.782. The van der Waals surface area contributed by atoms with Gasteiger partial charge in [-0.15, -0.1) is 0 Å². The maximum absolute atomic E-state index is 12.3. The Kier molecular flexibility index (Phi) is 2.71. The molecule has 0 atom stereocenters. The average Bonchev–Trinajstić information content (AvgIpc) is 2.93. The van der Waals surface area contributed by atoms with E-state index < -0.39 is 0 Å². The Balaban J connectivity index is 2.00. The van der Waals surface area contributed by atoms with E-state index in [1.54, 1.807) is 4.90 Å². The molecule has 0 saturated heterocycles. The molecular weight excluding hydrogens is 248 g/mol. The molecule has 6 heteroatoms. The summed E-state index contributed by atoms with van der Waals surface area (Å²) in [6.45, 7) is 1.49. The lowest BCUT2D eigenvalue weighted by Gasteiger charge is -2.35.